The smallest absolute Gasteiger partial charge is 0.255 e. The largest absolute Gasteiger partial charge is 0.497 e. The zero-order valence-corrected chi connectivity index (χ0v) is 18.6. The average molecular weight is 424 g/mol. The van der Waals surface area contributed by atoms with Crippen molar-refractivity contribution < 1.29 is 14.3 Å². The van der Waals surface area contributed by atoms with Crippen molar-refractivity contribution in [2.45, 2.75) is 64.1 Å². The van der Waals surface area contributed by atoms with Gasteiger partial charge < -0.3 is 19.7 Å². The number of carbonyl (C=O) groups is 1. The molecule has 2 fully saturated rings. The Morgan fingerprint density at radius 2 is 1.94 bits per heavy atom. The van der Waals surface area contributed by atoms with E-state index in [-0.39, 0.29) is 12.0 Å². The number of aromatic nitrogens is 1. The molecule has 6 nitrogen and oxygen atoms in total. The number of aryl methyl sites for hydroxylation is 1. The van der Waals surface area contributed by atoms with E-state index in [0.29, 0.717) is 23.6 Å². The first-order valence-corrected chi connectivity index (χ1v) is 11.4. The van der Waals surface area contributed by atoms with E-state index in [1.807, 2.05) is 25.1 Å². The molecule has 0 bridgehead atoms. The van der Waals surface area contributed by atoms with Gasteiger partial charge in [0.15, 0.2) is 0 Å². The molecule has 2 aromatic rings. The molecule has 1 saturated heterocycles. The first-order chi connectivity index (χ1) is 15.1. The summed E-state index contributed by atoms with van der Waals surface area (Å²) in [6, 6.07) is 8.16. The zero-order valence-electron chi connectivity index (χ0n) is 18.6. The lowest BCUT2D eigenvalue weighted by molar-refractivity contribution is 0.0749. The van der Waals surface area contributed by atoms with Crippen LogP contribution in [0.25, 0.3) is 0 Å². The molecule has 1 aliphatic heterocycles. The first-order valence-electron chi connectivity index (χ1n) is 11.4. The summed E-state index contributed by atoms with van der Waals surface area (Å²) in [5, 5.41) is 3.02. The maximum Gasteiger partial charge on any atom is 0.255 e. The van der Waals surface area contributed by atoms with Gasteiger partial charge in [-0.3, -0.25) is 9.78 Å². The number of amides is 1. The van der Waals surface area contributed by atoms with Crippen molar-refractivity contribution in [1.29, 1.82) is 0 Å². The van der Waals surface area contributed by atoms with Gasteiger partial charge in [0.05, 0.1) is 12.7 Å². The quantitative estimate of drug-likeness (QED) is 0.726. The number of pyridine rings is 1. The number of carbonyl (C=O) groups excluding carboxylic acids is 1. The van der Waals surface area contributed by atoms with Crippen molar-refractivity contribution in [2.24, 2.45) is 0 Å². The molecule has 4 rings (SSSR count). The normalized spacial score (nSPS) is 18.1. The minimum Gasteiger partial charge on any atom is -0.497 e. The third kappa shape index (κ3) is 5.37. The Balaban J connectivity index is 1.40. The van der Waals surface area contributed by atoms with Crippen LogP contribution in [0.15, 0.2) is 36.7 Å². The lowest BCUT2D eigenvalue weighted by atomic mass is 10.0. The molecule has 1 aromatic carbocycles. The van der Waals surface area contributed by atoms with Crippen LogP contribution in [0.5, 0.6) is 11.5 Å². The summed E-state index contributed by atoms with van der Waals surface area (Å²) in [5.41, 5.74) is 2.62. The predicted molar refractivity (Wildman–Crippen MR) is 121 cm³/mol. The predicted octanol–water partition coefficient (Wildman–Crippen LogP) is 4.11. The Morgan fingerprint density at radius 1 is 1.16 bits per heavy atom. The highest BCUT2D eigenvalue weighted by molar-refractivity contribution is 5.97. The molecule has 0 atom stereocenters. The fourth-order valence-corrected chi connectivity index (χ4v) is 4.70. The number of methoxy groups -OCH3 is 1. The summed E-state index contributed by atoms with van der Waals surface area (Å²) in [4.78, 5) is 19.8. The SMILES string of the molecule is COc1ccc(OC2CCN(C3CCCC3)CC2)c(C(=O)NCc2ccncc2C)c1. The second-order valence-corrected chi connectivity index (χ2v) is 8.64. The van der Waals surface area contributed by atoms with Gasteiger partial charge in [0.2, 0.25) is 0 Å². The van der Waals surface area contributed by atoms with E-state index in [4.69, 9.17) is 9.47 Å². The van der Waals surface area contributed by atoms with Crippen LogP contribution in [0.3, 0.4) is 0 Å². The number of nitrogens with zero attached hydrogens (tertiary/aromatic N) is 2. The van der Waals surface area contributed by atoms with Crippen molar-refractivity contribution in [2.75, 3.05) is 20.2 Å². The lowest BCUT2D eigenvalue weighted by Gasteiger charge is -2.36. The van der Waals surface area contributed by atoms with Gasteiger partial charge in [0.25, 0.3) is 5.91 Å². The zero-order chi connectivity index (χ0) is 21.6. The van der Waals surface area contributed by atoms with Crippen molar-refractivity contribution in [3.05, 3.63) is 53.3 Å². The number of ether oxygens (including phenoxy) is 2. The van der Waals surface area contributed by atoms with Crippen molar-refractivity contribution >= 4 is 5.91 Å². The average Bonchev–Trinajstić information content (AvgIpc) is 3.34. The summed E-state index contributed by atoms with van der Waals surface area (Å²) >= 11 is 0. The molecule has 0 spiro atoms. The first kappa shape index (κ1) is 21.6. The molecule has 6 heteroatoms. The van der Waals surface area contributed by atoms with E-state index in [0.717, 1.165) is 43.1 Å². The molecule has 2 heterocycles. The van der Waals surface area contributed by atoms with Gasteiger partial charge in [-0.05, 0) is 68.0 Å². The number of piperidine rings is 1. The molecular formula is C25H33N3O3. The van der Waals surface area contributed by atoms with Crippen molar-refractivity contribution in [1.82, 2.24) is 15.2 Å². The Labute approximate surface area is 185 Å². The molecule has 1 saturated carbocycles. The number of likely N-dealkylation sites (tertiary alicyclic amines) is 1. The molecule has 1 aliphatic carbocycles. The second kappa shape index (κ2) is 10.1. The van der Waals surface area contributed by atoms with Crippen LogP contribution in [-0.4, -0.2) is 48.1 Å². The third-order valence-electron chi connectivity index (χ3n) is 6.62. The van der Waals surface area contributed by atoms with Crippen LogP contribution in [0.4, 0.5) is 0 Å². The maximum absolute atomic E-state index is 13.0. The molecule has 1 amide bonds. The van der Waals surface area contributed by atoms with Gasteiger partial charge in [-0.1, -0.05) is 12.8 Å². The number of rotatable bonds is 7. The number of benzene rings is 1. The molecule has 0 radical (unpaired) electrons. The topological polar surface area (TPSA) is 63.7 Å². The van der Waals surface area contributed by atoms with Gasteiger partial charge in [-0.25, -0.2) is 0 Å². The fraction of sp³-hybridized carbons (Fsp3) is 0.520. The van der Waals surface area contributed by atoms with Crippen LogP contribution < -0.4 is 14.8 Å². The fourth-order valence-electron chi connectivity index (χ4n) is 4.70. The maximum atomic E-state index is 13.0. The standard InChI is InChI=1S/C25H33N3O3/c1-18-16-26-12-9-19(18)17-27-25(29)23-15-22(30-2)7-8-24(23)31-21-10-13-28(14-11-21)20-5-3-4-6-20/h7-9,12,15-16,20-21H,3-6,10-11,13-14,17H2,1-2H3,(H,27,29). The van der Waals surface area contributed by atoms with Gasteiger partial charge in [0.1, 0.15) is 17.6 Å². The van der Waals surface area contributed by atoms with Gasteiger partial charge in [0, 0.05) is 38.1 Å². The Kier molecular flexibility index (Phi) is 7.07. The van der Waals surface area contributed by atoms with Crippen molar-refractivity contribution in [3.63, 3.8) is 0 Å². The minimum atomic E-state index is -0.159. The van der Waals surface area contributed by atoms with E-state index < -0.39 is 0 Å². The van der Waals surface area contributed by atoms with Crippen LogP contribution >= 0.6 is 0 Å². The lowest BCUT2D eigenvalue weighted by Crippen LogP contribution is -2.43. The van der Waals surface area contributed by atoms with Gasteiger partial charge in [-0.2, -0.15) is 0 Å². The monoisotopic (exact) mass is 423 g/mol. The summed E-state index contributed by atoms with van der Waals surface area (Å²) in [6.07, 6.45) is 11.1. The molecule has 2 aliphatic rings. The minimum absolute atomic E-state index is 0.139. The summed E-state index contributed by atoms with van der Waals surface area (Å²) in [7, 11) is 1.61. The van der Waals surface area contributed by atoms with E-state index in [2.05, 4.69) is 15.2 Å². The molecule has 31 heavy (non-hydrogen) atoms. The molecular weight excluding hydrogens is 390 g/mol. The number of nitrogens with one attached hydrogen (secondary N) is 1. The Bertz CT molecular complexity index is 887. The van der Waals surface area contributed by atoms with Crippen LogP contribution in [0.1, 0.15) is 60.0 Å². The number of hydrogen-bond donors (Lipinski definition) is 1. The highest BCUT2D eigenvalue weighted by Gasteiger charge is 2.28. The third-order valence-corrected chi connectivity index (χ3v) is 6.62. The molecule has 166 valence electrons. The molecule has 0 unspecified atom stereocenters. The van der Waals surface area contributed by atoms with Gasteiger partial charge in [-0.15, -0.1) is 0 Å². The van der Waals surface area contributed by atoms with E-state index in [1.54, 1.807) is 25.6 Å². The number of hydrogen-bond acceptors (Lipinski definition) is 5. The van der Waals surface area contributed by atoms with Crippen LogP contribution in [0, 0.1) is 6.92 Å². The van der Waals surface area contributed by atoms with E-state index >= 15 is 0 Å². The summed E-state index contributed by atoms with van der Waals surface area (Å²) in [5.74, 6) is 1.12. The Hall–Kier alpha value is -2.60. The highest BCUT2D eigenvalue weighted by atomic mass is 16.5. The van der Waals surface area contributed by atoms with Crippen LogP contribution in [-0.2, 0) is 6.54 Å². The summed E-state index contributed by atoms with van der Waals surface area (Å²) < 4.78 is 11.7. The van der Waals surface area contributed by atoms with E-state index in [1.165, 1.54) is 25.7 Å². The summed E-state index contributed by atoms with van der Waals surface area (Å²) in [6.45, 7) is 4.60. The van der Waals surface area contributed by atoms with E-state index in [9.17, 15) is 4.79 Å². The Morgan fingerprint density at radius 3 is 2.65 bits per heavy atom. The highest BCUT2D eigenvalue weighted by Crippen LogP contribution is 2.30. The molecule has 1 N–H and O–H groups in total. The van der Waals surface area contributed by atoms with Crippen LogP contribution in [0.2, 0.25) is 0 Å². The second-order valence-electron chi connectivity index (χ2n) is 8.64. The van der Waals surface area contributed by atoms with Crippen molar-refractivity contribution in [3.8, 4) is 11.5 Å². The van der Waals surface area contributed by atoms with Gasteiger partial charge >= 0.3 is 0 Å². The molecule has 1 aromatic heterocycles.